The van der Waals surface area contributed by atoms with Crippen molar-refractivity contribution in [3.8, 4) is 0 Å². The molecule has 0 heterocycles. The smallest absolute Gasteiger partial charge is 0.133 e. The lowest BCUT2D eigenvalue weighted by atomic mass is 9.95. The minimum atomic E-state index is 0.478. The molecule has 1 unspecified atom stereocenters. The van der Waals surface area contributed by atoms with Crippen molar-refractivity contribution in [1.29, 1.82) is 0 Å². The molecule has 0 bridgehead atoms. The molecule has 88 valence electrons. The normalized spacial score (nSPS) is 19.3. The molecule has 0 amide bonds. The summed E-state index contributed by atoms with van der Waals surface area (Å²) in [6, 6.07) is 0. The molecule has 1 aliphatic rings. The van der Waals surface area contributed by atoms with Gasteiger partial charge in [-0.05, 0) is 31.2 Å². The Bertz CT molecular complexity index is 185. The predicted octanol–water partition coefficient (Wildman–Crippen LogP) is 2.90. The fourth-order valence-corrected chi connectivity index (χ4v) is 2.47. The summed E-state index contributed by atoms with van der Waals surface area (Å²) in [6.07, 6.45) is 8.93. The molecule has 0 saturated heterocycles. The van der Waals surface area contributed by atoms with Crippen LogP contribution in [-0.4, -0.2) is 12.3 Å². The van der Waals surface area contributed by atoms with E-state index in [0.29, 0.717) is 17.6 Å². The standard InChI is InChI=1S/C13H25NO/c1-11(8-9-14)6-7-13(15)10-12-4-2-3-5-12/h11-12H,2-10,14H2,1H3. The van der Waals surface area contributed by atoms with Gasteiger partial charge < -0.3 is 5.73 Å². The van der Waals surface area contributed by atoms with Crippen LogP contribution in [0, 0.1) is 11.8 Å². The number of hydrogen-bond acceptors (Lipinski definition) is 2. The highest BCUT2D eigenvalue weighted by Gasteiger charge is 2.18. The average Bonchev–Trinajstić information content (AvgIpc) is 2.68. The van der Waals surface area contributed by atoms with E-state index in [-0.39, 0.29) is 0 Å². The van der Waals surface area contributed by atoms with Crippen molar-refractivity contribution in [2.45, 2.75) is 58.3 Å². The van der Waals surface area contributed by atoms with Crippen molar-refractivity contribution in [3.05, 3.63) is 0 Å². The molecular formula is C13H25NO. The Morgan fingerprint density at radius 1 is 1.33 bits per heavy atom. The minimum Gasteiger partial charge on any atom is -0.330 e. The topological polar surface area (TPSA) is 43.1 Å². The van der Waals surface area contributed by atoms with Gasteiger partial charge in [0.15, 0.2) is 0 Å². The van der Waals surface area contributed by atoms with E-state index in [1.54, 1.807) is 0 Å². The zero-order valence-corrected chi connectivity index (χ0v) is 10.0. The third-order valence-corrected chi connectivity index (χ3v) is 3.57. The molecule has 1 fully saturated rings. The van der Waals surface area contributed by atoms with Crippen LogP contribution in [0.1, 0.15) is 58.3 Å². The van der Waals surface area contributed by atoms with Crippen molar-refractivity contribution in [2.24, 2.45) is 17.6 Å². The molecule has 15 heavy (non-hydrogen) atoms. The maximum absolute atomic E-state index is 11.7. The largest absolute Gasteiger partial charge is 0.330 e. The van der Waals surface area contributed by atoms with E-state index in [4.69, 9.17) is 5.73 Å². The third kappa shape index (κ3) is 5.31. The monoisotopic (exact) mass is 211 g/mol. The summed E-state index contributed by atoms with van der Waals surface area (Å²) in [4.78, 5) is 11.7. The Balaban J connectivity index is 2.07. The van der Waals surface area contributed by atoms with E-state index in [1.807, 2.05) is 0 Å². The third-order valence-electron chi connectivity index (χ3n) is 3.57. The van der Waals surface area contributed by atoms with Crippen LogP contribution in [0.2, 0.25) is 0 Å². The van der Waals surface area contributed by atoms with Crippen LogP contribution in [0.25, 0.3) is 0 Å². The SMILES string of the molecule is CC(CCN)CCC(=O)CC1CCCC1. The second-order valence-corrected chi connectivity index (χ2v) is 5.11. The van der Waals surface area contributed by atoms with E-state index in [2.05, 4.69) is 6.92 Å². The van der Waals surface area contributed by atoms with Crippen LogP contribution in [-0.2, 0) is 4.79 Å². The zero-order chi connectivity index (χ0) is 11.1. The van der Waals surface area contributed by atoms with Crippen molar-refractivity contribution in [2.75, 3.05) is 6.54 Å². The summed E-state index contributed by atoms with van der Waals surface area (Å²) >= 11 is 0. The van der Waals surface area contributed by atoms with Gasteiger partial charge in [-0.1, -0.05) is 32.6 Å². The first-order valence-corrected chi connectivity index (χ1v) is 6.44. The molecular weight excluding hydrogens is 186 g/mol. The van der Waals surface area contributed by atoms with Crippen LogP contribution in [0.3, 0.4) is 0 Å². The second-order valence-electron chi connectivity index (χ2n) is 5.11. The van der Waals surface area contributed by atoms with E-state index in [0.717, 1.165) is 32.2 Å². The number of ketones is 1. The molecule has 1 atom stereocenters. The van der Waals surface area contributed by atoms with Gasteiger partial charge in [-0.15, -0.1) is 0 Å². The van der Waals surface area contributed by atoms with Gasteiger partial charge in [-0.3, -0.25) is 4.79 Å². The van der Waals surface area contributed by atoms with Gasteiger partial charge in [0.2, 0.25) is 0 Å². The zero-order valence-electron chi connectivity index (χ0n) is 10.0. The molecule has 0 aliphatic heterocycles. The van der Waals surface area contributed by atoms with Gasteiger partial charge in [0.05, 0.1) is 0 Å². The van der Waals surface area contributed by atoms with Gasteiger partial charge in [0.25, 0.3) is 0 Å². The molecule has 0 radical (unpaired) electrons. The van der Waals surface area contributed by atoms with Gasteiger partial charge in [0, 0.05) is 12.8 Å². The van der Waals surface area contributed by atoms with Crippen LogP contribution in [0.5, 0.6) is 0 Å². The number of carbonyl (C=O) groups is 1. The van der Waals surface area contributed by atoms with E-state index in [1.165, 1.54) is 25.7 Å². The maximum Gasteiger partial charge on any atom is 0.133 e. The fraction of sp³-hybridized carbons (Fsp3) is 0.923. The Labute approximate surface area is 93.6 Å². The predicted molar refractivity (Wildman–Crippen MR) is 63.7 cm³/mol. The Morgan fingerprint density at radius 2 is 2.00 bits per heavy atom. The number of hydrogen-bond donors (Lipinski definition) is 1. The first-order chi connectivity index (χ1) is 7.22. The fourth-order valence-electron chi connectivity index (χ4n) is 2.47. The highest BCUT2D eigenvalue weighted by atomic mass is 16.1. The summed E-state index contributed by atoms with van der Waals surface area (Å²) in [7, 11) is 0. The summed E-state index contributed by atoms with van der Waals surface area (Å²) in [5, 5.41) is 0. The minimum absolute atomic E-state index is 0.478. The van der Waals surface area contributed by atoms with Gasteiger partial charge >= 0.3 is 0 Å². The first-order valence-electron chi connectivity index (χ1n) is 6.44. The molecule has 1 rings (SSSR count). The molecule has 0 aromatic rings. The molecule has 0 aromatic heterocycles. The number of Topliss-reactive ketones (excluding diaryl/α,β-unsaturated/α-hetero) is 1. The highest BCUT2D eigenvalue weighted by molar-refractivity contribution is 5.78. The molecule has 0 spiro atoms. The van der Waals surface area contributed by atoms with Gasteiger partial charge in [-0.2, -0.15) is 0 Å². The summed E-state index contributed by atoms with van der Waals surface area (Å²) in [5.41, 5.74) is 5.48. The lowest BCUT2D eigenvalue weighted by molar-refractivity contribution is -0.120. The quantitative estimate of drug-likeness (QED) is 0.703. The number of nitrogens with two attached hydrogens (primary N) is 1. The van der Waals surface area contributed by atoms with Crippen LogP contribution in [0.15, 0.2) is 0 Å². The van der Waals surface area contributed by atoms with E-state index >= 15 is 0 Å². The molecule has 0 aromatic carbocycles. The number of rotatable bonds is 7. The van der Waals surface area contributed by atoms with Crippen molar-refractivity contribution in [1.82, 2.24) is 0 Å². The van der Waals surface area contributed by atoms with Crippen LogP contribution >= 0.6 is 0 Å². The van der Waals surface area contributed by atoms with Gasteiger partial charge in [0.1, 0.15) is 5.78 Å². The van der Waals surface area contributed by atoms with Crippen molar-refractivity contribution >= 4 is 5.78 Å². The first kappa shape index (κ1) is 12.7. The summed E-state index contributed by atoms with van der Waals surface area (Å²) in [5.74, 6) is 1.80. The lowest BCUT2D eigenvalue weighted by Gasteiger charge is -2.11. The van der Waals surface area contributed by atoms with E-state index < -0.39 is 0 Å². The van der Waals surface area contributed by atoms with Gasteiger partial charge in [-0.25, -0.2) is 0 Å². The van der Waals surface area contributed by atoms with Crippen molar-refractivity contribution in [3.63, 3.8) is 0 Å². The Kier molecular flexibility index (Phi) is 5.92. The second kappa shape index (κ2) is 7.00. The molecule has 2 N–H and O–H groups in total. The maximum atomic E-state index is 11.7. The average molecular weight is 211 g/mol. The van der Waals surface area contributed by atoms with Crippen LogP contribution in [0.4, 0.5) is 0 Å². The lowest BCUT2D eigenvalue weighted by Crippen LogP contribution is -2.10. The van der Waals surface area contributed by atoms with Crippen LogP contribution < -0.4 is 5.73 Å². The van der Waals surface area contributed by atoms with Crippen molar-refractivity contribution < 1.29 is 4.79 Å². The molecule has 2 nitrogen and oxygen atoms in total. The number of carbonyl (C=O) groups excluding carboxylic acids is 1. The Morgan fingerprint density at radius 3 is 2.60 bits per heavy atom. The molecule has 1 saturated carbocycles. The summed E-state index contributed by atoms with van der Waals surface area (Å²) in [6.45, 7) is 2.94. The molecule has 1 aliphatic carbocycles. The summed E-state index contributed by atoms with van der Waals surface area (Å²) < 4.78 is 0. The van der Waals surface area contributed by atoms with E-state index in [9.17, 15) is 4.79 Å². The highest BCUT2D eigenvalue weighted by Crippen LogP contribution is 2.28. The Hall–Kier alpha value is -0.370. The molecule has 2 heteroatoms.